The van der Waals surface area contributed by atoms with E-state index in [1.54, 1.807) is 0 Å². The summed E-state index contributed by atoms with van der Waals surface area (Å²) in [7, 11) is 1.24. The molecule has 1 aliphatic carbocycles. The van der Waals surface area contributed by atoms with Gasteiger partial charge in [0.25, 0.3) is 10.1 Å². The van der Waals surface area contributed by atoms with E-state index in [4.69, 9.17) is 5.11 Å². The van der Waals surface area contributed by atoms with Crippen molar-refractivity contribution < 1.29 is 41.9 Å². The van der Waals surface area contributed by atoms with E-state index in [0.29, 0.717) is 29.8 Å². The first-order valence-electron chi connectivity index (χ1n) is 18.1. The van der Waals surface area contributed by atoms with Crippen molar-refractivity contribution in [1.29, 1.82) is 0 Å². The Morgan fingerprint density at radius 1 is 0.962 bits per heavy atom. The number of carboxylic acids is 1. The number of hydrogen-bond donors (Lipinski definition) is 5. The van der Waals surface area contributed by atoms with Crippen molar-refractivity contribution >= 4 is 44.9 Å². The number of allylic oxidation sites excluding steroid dienone is 5. The van der Waals surface area contributed by atoms with Crippen LogP contribution in [0.25, 0.3) is 0 Å². The predicted molar refractivity (Wildman–Crippen MR) is 205 cm³/mol. The number of ketones is 1. The molecule has 5 rings (SSSR count). The van der Waals surface area contributed by atoms with Gasteiger partial charge in [0.1, 0.15) is 18.8 Å². The summed E-state index contributed by atoms with van der Waals surface area (Å²) in [4.78, 5) is 41.8. The van der Waals surface area contributed by atoms with Crippen LogP contribution in [0, 0.1) is 0 Å². The Balaban J connectivity index is 1.47. The van der Waals surface area contributed by atoms with E-state index < -0.39 is 44.6 Å². The molecular formula is C40H53N5O7S+2. The third kappa shape index (κ3) is 8.32. The second-order valence-electron chi connectivity index (χ2n) is 15.4. The zero-order valence-electron chi connectivity index (χ0n) is 31.7. The number of fused-ring (bicyclic) bond motifs is 2. The quantitative estimate of drug-likeness (QED) is 0.0754. The molecule has 13 heteroatoms. The van der Waals surface area contributed by atoms with Crippen LogP contribution in [-0.4, -0.2) is 98.6 Å². The highest BCUT2D eigenvalue weighted by Gasteiger charge is 2.46. The lowest BCUT2D eigenvalue weighted by molar-refractivity contribution is -0.878. The minimum Gasteiger partial charge on any atom is -0.481 e. The molecule has 2 aromatic carbocycles. The van der Waals surface area contributed by atoms with E-state index in [-0.39, 0.29) is 18.7 Å². The number of unbranched alkanes of at least 4 members (excludes halogenated alkanes) is 2. The highest BCUT2D eigenvalue weighted by atomic mass is 32.2. The Hall–Kier alpha value is -4.59. The van der Waals surface area contributed by atoms with Gasteiger partial charge < -0.3 is 25.5 Å². The molecule has 12 nitrogen and oxygen atoms in total. The van der Waals surface area contributed by atoms with E-state index in [0.717, 1.165) is 58.2 Å². The Morgan fingerprint density at radius 3 is 2.26 bits per heavy atom. The SMILES string of the molecule is CN1/C(=C/C2=C(NC(CS(=O)(=O)O)C(=O)NCC[NH+](C)CCCCCC(=O)O)C(=C/C3=[N+](C)c4ccccc4C3(C)C)/C2=O)C(C)(C)c2ccccc21. The van der Waals surface area contributed by atoms with Crippen LogP contribution in [0.15, 0.2) is 83.2 Å². The average molecular weight is 748 g/mol. The topological polar surface area (TPSA) is 161 Å². The number of benzene rings is 2. The van der Waals surface area contributed by atoms with Crippen LogP contribution in [0.3, 0.4) is 0 Å². The number of para-hydroxylation sites is 2. The summed E-state index contributed by atoms with van der Waals surface area (Å²) in [5.74, 6) is -2.58. The Labute approximate surface area is 312 Å². The molecule has 0 radical (unpaired) electrons. The molecule has 0 bridgehead atoms. The molecule has 2 atom stereocenters. The lowest BCUT2D eigenvalue weighted by Crippen LogP contribution is -3.09. The summed E-state index contributed by atoms with van der Waals surface area (Å²) in [5.41, 5.74) is 6.02. The number of nitrogens with zero attached hydrogens (tertiary/aromatic N) is 2. The molecule has 0 spiro atoms. The zero-order chi connectivity index (χ0) is 38.9. The minimum absolute atomic E-state index is 0.137. The first kappa shape index (κ1) is 39.6. The third-order valence-electron chi connectivity index (χ3n) is 10.8. The monoisotopic (exact) mass is 747 g/mol. The van der Waals surface area contributed by atoms with Crippen LogP contribution < -0.4 is 20.4 Å². The average Bonchev–Trinajstić information content (AvgIpc) is 3.40. The van der Waals surface area contributed by atoms with Gasteiger partial charge >= 0.3 is 5.97 Å². The lowest BCUT2D eigenvalue weighted by atomic mass is 9.77. The molecular weight excluding hydrogens is 695 g/mol. The molecule has 284 valence electrons. The Morgan fingerprint density at radius 2 is 1.62 bits per heavy atom. The molecule has 2 aliphatic heterocycles. The number of quaternary nitrogens is 1. The largest absolute Gasteiger partial charge is 0.481 e. The smallest absolute Gasteiger partial charge is 0.303 e. The van der Waals surface area contributed by atoms with E-state index >= 15 is 0 Å². The fourth-order valence-corrected chi connectivity index (χ4v) is 8.43. The van der Waals surface area contributed by atoms with Crippen LogP contribution >= 0.6 is 0 Å². The fourth-order valence-electron chi connectivity index (χ4n) is 7.77. The number of amides is 1. The first-order valence-corrected chi connectivity index (χ1v) is 19.7. The number of likely N-dealkylation sites (N-methyl/N-ethyl adjacent to an activating group) is 2. The number of nitrogens with one attached hydrogen (secondary N) is 3. The van der Waals surface area contributed by atoms with Crippen molar-refractivity contribution in [2.45, 2.75) is 70.3 Å². The number of Topliss-reactive ketones (excluding diaryl/α,β-unsaturated/α-hetero) is 1. The molecule has 2 aromatic rings. The van der Waals surface area contributed by atoms with E-state index in [1.807, 2.05) is 79.2 Å². The van der Waals surface area contributed by atoms with Gasteiger partial charge in [0.05, 0.1) is 43.4 Å². The Kier molecular flexibility index (Phi) is 11.5. The Bertz CT molecular complexity index is 2040. The number of rotatable bonds is 16. The van der Waals surface area contributed by atoms with Crippen LogP contribution in [-0.2, 0) is 35.3 Å². The molecule has 5 N–H and O–H groups in total. The zero-order valence-corrected chi connectivity index (χ0v) is 32.6. The maximum Gasteiger partial charge on any atom is 0.303 e. The van der Waals surface area contributed by atoms with Crippen LogP contribution in [0.4, 0.5) is 11.4 Å². The van der Waals surface area contributed by atoms with Crippen molar-refractivity contribution in [2.75, 3.05) is 51.4 Å². The van der Waals surface area contributed by atoms with Crippen molar-refractivity contribution in [2.24, 2.45) is 0 Å². The number of carbonyl (C=O) groups excluding carboxylic acids is 2. The van der Waals surface area contributed by atoms with Gasteiger partial charge in [-0.1, -0.05) is 50.2 Å². The van der Waals surface area contributed by atoms with Crippen molar-refractivity contribution in [3.05, 3.63) is 94.4 Å². The van der Waals surface area contributed by atoms with Gasteiger partial charge in [0, 0.05) is 53.5 Å². The van der Waals surface area contributed by atoms with Crippen molar-refractivity contribution in [3.8, 4) is 0 Å². The maximum atomic E-state index is 14.2. The summed E-state index contributed by atoms with van der Waals surface area (Å²) in [6.45, 7) is 9.92. The molecule has 1 amide bonds. The molecule has 0 fully saturated rings. The summed E-state index contributed by atoms with van der Waals surface area (Å²) in [6, 6.07) is 14.7. The van der Waals surface area contributed by atoms with Gasteiger partial charge in [-0.3, -0.25) is 18.9 Å². The number of hydrogen-bond acceptors (Lipinski definition) is 7. The number of carbonyl (C=O) groups is 3. The molecule has 2 unspecified atom stereocenters. The second kappa shape index (κ2) is 15.4. The minimum atomic E-state index is -4.62. The number of anilines is 1. The van der Waals surface area contributed by atoms with Crippen LogP contribution in [0.5, 0.6) is 0 Å². The lowest BCUT2D eigenvalue weighted by Gasteiger charge is -2.31. The van der Waals surface area contributed by atoms with Crippen molar-refractivity contribution in [1.82, 2.24) is 10.6 Å². The molecule has 0 saturated heterocycles. The van der Waals surface area contributed by atoms with Crippen LogP contribution in [0.1, 0.15) is 64.5 Å². The van der Waals surface area contributed by atoms with E-state index in [1.165, 1.54) is 0 Å². The van der Waals surface area contributed by atoms with Gasteiger partial charge in [-0.05, 0) is 50.8 Å². The maximum absolute atomic E-state index is 14.2. The summed E-state index contributed by atoms with van der Waals surface area (Å²) >= 11 is 0. The van der Waals surface area contributed by atoms with E-state index in [9.17, 15) is 27.4 Å². The van der Waals surface area contributed by atoms with E-state index in [2.05, 4.69) is 50.5 Å². The number of carboxylic acid groups (broad SMARTS) is 1. The summed E-state index contributed by atoms with van der Waals surface area (Å²) in [5, 5.41) is 14.8. The highest BCUT2D eigenvalue weighted by molar-refractivity contribution is 7.85. The van der Waals surface area contributed by atoms with Crippen LogP contribution in [0.2, 0.25) is 0 Å². The molecule has 0 saturated carbocycles. The molecule has 3 aliphatic rings. The summed E-state index contributed by atoms with van der Waals surface area (Å²) in [6.07, 6.45) is 6.01. The van der Waals surface area contributed by atoms with Crippen molar-refractivity contribution in [3.63, 3.8) is 0 Å². The third-order valence-corrected chi connectivity index (χ3v) is 11.6. The fraction of sp³-hybridized carbons (Fsp3) is 0.450. The van der Waals surface area contributed by atoms with Gasteiger partial charge in [-0.15, -0.1) is 0 Å². The number of aliphatic carboxylic acids is 1. The first-order chi connectivity index (χ1) is 24.8. The molecule has 2 heterocycles. The highest BCUT2D eigenvalue weighted by Crippen LogP contribution is 2.48. The second-order valence-corrected chi connectivity index (χ2v) is 16.9. The summed E-state index contributed by atoms with van der Waals surface area (Å²) < 4.78 is 36.6. The standard InChI is InChI=1S/C40H51N5O7S/c1-39(2)28-15-10-12-17-31(28)44(6)33(39)23-26-36(27(37(26)48)24-34-40(3,4)29-16-11-13-18-32(29)45(34)7)42-30(25-53(50,51)52)38(49)41-20-22-43(5)21-14-8-9-19-35(46)47/h10-13,15-18,23-24,30H,8-9,14,19-22,25H2,1-7H3,(H3-,41,42,46,47,48,49,50,51,52)/p+2. The predicted octanol–water partition coefficient (Wildman–Crippen LogP) is 2.89. The molecule has 0 aromatic heterocycles. The molecule has 53 heavy (non-hydrogen) atoms. The van der Waals surface area contributed by atoms with Gasteiger partial charge in [-0.25, -0.2) is 0 Å². The normalized spacial score (nSPS) is 20.0. The van der Waals surface area contributed by atoms with Gasteiger partial charge in [0.2, 0.25) is 11.6 Å². The van der Waals surface area contributed by atoms with Gasteiger partial charge in [-0.2, -0.15) is 13.0 Å². The van der Waals surface area contributed by atoms with Gasteiger partial charge in [0.15, 0.2) is 11.5 Å².